The Morgan fingerprint density at radius 2 is 2.67 bits per heavy atom. The summed E-state index contributed by atoms with van der Waals surface area (Å²) >= 11 is 1.50. The summed E-state index contributed by atoms with van der Waals surface area (Å²) in [6, 6.07) is -0.221. The molecule has 82 valence electrons. The third kappa shape index (κ3) is 2.06. The van der Waals surface area contributed by atoms with Crippen LogP contribution in [0.15, 0.2) is 11.6 Å². The molecule has 1 saturated heterocycles. The number of nitrogens with one attached hydrogen (secondary N) is 1. The lowest BCUT2D eigenvalue weighted by Gasteiger charge is -2.17. The zero-order valence-electron chi connectivity index (χ0n) is 7.87. The highest BCUT2D eigenvalue weighted by Crippen LogP contribution is 2.15. The fourth-order valence-electron chi connectivity index (χ4n) is 1.63. The summed E-state index contributed by atoms with van der Waals surface area (Å²) in [7, 11) is 0. The minimum absolute atomic E-state index is 0.221. The molecule has 0 saturated carbocycles. The van der Waals surface area contributed by atoms with Gasteiger partial charge >= 0.3 is 0 Å². The molecule has 0 aromatic carbocycles. The number of aromatic nitrogens is 1. The zero-order valence-corrected chi connectivity index (χ0v) is 8.68. The summed E-state index contributed by atoms with van der Waals surface area (Å²) in [4.78, 5) is 14.8. The largest absolute Gasteiger partial charge is 0.294 e. The molecule has 0 aliphatic carbocycles. The second-order valence-electron chi connectivity index (χ2n) is 3.25. The standard InChI is InChI=1S/C7H11N5O2S/c8-7-10-4-5(11(7)12(13)14)3-6-9-1-2-15-6/h1-2,5,7,10H,3-4,8H2. The molecule has 1 aliphatic rings. The van der Waals surface area contributed by atoms with Crippen LogP contribution < -0.4 is 11.1 Å². The molecule has 2 unspecified atom stereocenters. The normalized spacial score (nSPS) is 25.8. The van der Waals surface area contributed by atoms with Crippen LogP contribution >= 0.6 is 11.3 Å². The van der Waals surface area contributed by atoms with Gasteiger partial charge in [-0.25, -0.2) is 15.1 Å². The van der Waals surface area contributed by atoms with E-state index in [0.717, 1.165) is 10.0 Å². The predicted molar refractivity (Wildman–Crippen MR) is 54.4 cm³/mol. The SMILES string of the molecule is NC1NCC(Cc2nccs2)N1[N+](=O)[O-]. The van der Waals surface area contributed by atoms with E-state index in [1.54, 1.807) is 6.20 Å². The Bertz CT molecular complexity index is 343. The molecule has 0 radical (unpaired) electrons. The number of rotatable bonds is 3. The minimum Gasteiger partial charge on any atom is -0.294 e. The molecule has 2 atom stereocenters. The van der Waals surface area contributed by atoms with Crippen LogP contribution in [0.2, 0.25) is 0 Å². The highest BCUT2D eigenvalue weighted by Gasteiger charge is 2.38. The average molecular weight is 229 g/mol. The molecular formula is C7H11N5O2S. The van der Waals surface area contributed by atoms with E-state index in [4.69, 9.17) is 5.73 Å². The lowest BCUT2D eigenvalue weighted by Crippen LogP contribution is -2.49. The van der Waals surface area contributed by atoms with E-state index in [9.17, 15) is 10.1 Å². The molecule has 0 amide bonds. The van der Waals surface area contributed by atoms with Gasteiger partial charge in [0.2, 0.25) is 0 Å². The number of nitro groups is 1. The van der Waals surface area contributed by atoms with E-state index in [-0.39, 0.29) is 6.04 Å². The van der Waals surface area contributed by atoms with Crippen molar-refractivity contribution in [3.63, 3.8) is 0 Å². The van der Waals surface area contributed by atoms with E-state index in [2.05, 4.69) is 10.3 Å². The van der Waals surface area contributed by atoms with E-state index in [1.165, 1.54) is 11.3 Å². The fraction of sp³-hybridized carbons (Fsp3) is 0.571. The molecule has 0 spiro atoms. The van der Waals surface area contributed by atoms with Gasteiger partial charge in [0.1, 0.15) is 6.04 Å². The first kappa shape index (κ1) is 10.3. The molecule has 2 rings (SSSR count). The van der Waals surface area contributed by atoms with Crippen molar-refractivity contribution in [2.24, 2.45) is 5.73 Å². The van der Waals surface area contributed by atoms with Gasteiger partial charge < -0.3 is 0 Å². The van der Waals surface area contributed by atoms with Gasteiger partial charge in [-0.3, -0.25) is 11.1 Å². The van der Waals surface area contributed by atoms with Gasteiger partial charge in [-0.2, -0.15) is 0 Å². The topological polar surface area (TPSA) is 97.3 Å². The third-order valence-corrected chi connectivity index (χ3v) is 3.11. The summed E-state index contributed by atoms with van der Waals surface area (Å²) in [5, 5.41) is 16.9. The quantitative estimate of drug-likeness (QED) is 0.530. The summed E-state index contributed by atoms with van der Waals surface area (Å²) in [5.74, 6) is 0. The number of hydrazine groups is 1. The molecular weight excluding hydrogens is 218 g/mol. The van der Waals surface area contributed by atoms with Crippen LogP contribution in [0.1, 0.15) is 5.01 Å². The van der Waals surface area contributed by atoms with Gasteiger partial charge in [-0.1, -0.05) is 5.01 Å². The van der Waals surface area contributed by atoms with Crippen LogP contribution in [0.4, 0.5) is 0 Å². The predicted octanol–water partition coefficient (Wildman–Crippen LogP) is -0.607. The van der Waals surface area contributed by atoms with Crippen molar-refractivity contribution >= 4 is 11.3 Å². The van der Waals surface area contributed by atoms with Crippen molar-refractivity contribution in [3.05, 3.63) is 26.7 Å². The van der Waals surface area contributed by atoms with Crippen LogP contribution in [0.3, 0.4) is 0 Å². The molecule has 15 heavy (non-hydrogen) atoms. The first-order valence-electron chi connectivity index (χ1n) is 4.48. The minimum atomic E-state index is -0.704. The maximum atomic E-state index is 10.7. The number of nitrogens with zero attached hydrogens (tertiary/aromatic N) is 3. The second kappa shape index (κ2) is 4.09. The Labute approximate surface area is 90.0 Å². The highest BCUT2D eigenvalue weighted by molar-refractivity contribution is 7.09. The summed E-state index contributed by atoms with van der Waals surface area (Å²) < 4.78 is 0. The number of hydrogen-bond donors (Lipinski definition) is 2. The lowest BCUT2D eigenvalue weighted by molar-refractivity contribution is -0.668. The van der Waals surface area contributed by atoms with Crippen LogP contribution in [-0.2, 0) is 6.42 Å². The van der Waals surface area contributed by atoms with Crippen LogP contribution in [0, 0.1) is 10.1 Å². The Kier molecular flexibility index (Phi) is 2.80. The first-order valence-corrected chi connectivity index (χ1v) is 5.36. The Balaban J connectivity index is 2.06. The maximum Gasteiger partial charge on any atom is 0.191 e. The van der Waals surface area contributed by atoms with Crippen molar-refractivity contribution < 1.29 is 5.03 Å². The second-order valence-corrected chi connectivity index (χ2v) is 4.23. The molecule has 7 nitrogen and oxygen atoms in total. The smallest absolute Gasteiger partial charge is 0.191 e. The molecule has 1 aromatic heterocycles. The van der Waals surface area contributed by atoms with Gasteiger partial charge in [0, 0.05) is 24.5 Å². The lowest BCUT2D eigenvalue weighted by atomic mass is 10.2. The van der Waals surface area contributed by atoms with Crippen LogP contribution in [0.25, 0.3) is 0 Å². The van der Waals surface area contributed by atoms with E-state index < -0.39 is 11.3 Å². The summed E-state index contributed by atoms with van der Waals surface area (Å²) in [5.41, 5.74) is 5.56. The van der Waals surface area contributed by atoms with Gasteiger partial charge in [-0.05, 0) is 0 Å². The Hall–Kier alpha value is -1.25. The number of thiazole rings is 1. The van der Waals surface area contributed by atoms with Crippen molar-refractivity contribution in [1.82, 2.24) is 15.3 Å². The van der Waals surface area contributed by atoms with Crippen molar-refractivity contribution in [1.29, 1.82) is 0 Å². The molecule has 2 heterocycles. The van der Waals surface area contributed by atoms with E-state index in [1.807, 2.05) is 5.38 Å². The molecule has 1 fully saturated rings. The molecule has 8 heteroatoms. The number of nitrogens with two attached hydrogens (primary N) is 1. The van der Waals surface area contributed by atoms with Crippen molar-refractivity contribution in [3.8, 4) is 0 Å². The van der Waals surface area contributed by atoms with Crippen molar-refractivity contribution in [2.45, 2.75) is 18.8 Å². The first-order chi connectivity index (χ1) is 7.18. The van der Waals surface area contributed by atoms with Crippen LogP contribution in [0.5, 0.6) is 0 Å². The fourth-order valence-corrected chi connectivity index (χ4v) is 2.32. The molecule has 1 aliphatic heterocycles. The van der Waals surface area contributed by atoms with Gasteiger partial charge in [0.05, 0.1) is 5.01 Å². The van der Waals surface area contributed by atoms with Gasteiger partial charge in [0.15, 0.2) is 11.3 Å². The Morgan fingerprint density at radius 1 is 1.87 bits per heavy atom. The molecule has 0 bridgehead atoms. The zero-order chi connectivity index (χ0) is 10.8. The average Bonchev–Trinajstić information content (AvgIpc) is 2.76. The molecule has 3 N–H and O–H groups in total. The van der Waals surface area contributed by atoms with Gasteiger partial charge in [0.25, 0.3) is 0 Å². The summed E-state index contributed by atoms with van der Waals surface area (Å²) in [6.07, 6.45) is 1.54. The monoisotopic (exact) mass is 229 g/mol. The van der Waals surface area contributed by atoms with Crippen LogP contribution in [-0.4, -0.2) is 33.9 Å². The van der Waals surface area contributed by atoms with Gasteiger partial charge in [-0.15, -0.1) is 11.3 Å². The third-order valence-electron chi connectivity index (χ3n) is 2.30. The maximum absolute atomic E-state index is 10.7. The Morgan fingerprint density at radius 3 is 3.27 bits per heavy atom. The van der Waals surface area contributed by atoms with Crippen molar-refractivity contribution in [2.75, 3.05) is 6.54 Å². The highest BCUT2D eigenvalue weighted by atomic mass is 32.1. The number of hydrogen-bond acceptors (Lipinski definition) is 6. The molecule has 1 aromatic rings. The summed E-state index contributed by atoms with van der Waals surface area (Å²) in [6.45, 7) is 0.516. The van der Waals surface area contributed by atoms with E-state index >= 15 is 0 Å². The van der Waals surface area contributed by atoms with E-state index in [0.29, 0.717) is 13.0 Å².